The number of hydrogen-bond acceptors (Lipinski definition) is 5. The molecule has 0 bridgehead atoms. The summed E-state index contributed by atoms with van der Waals surface area (Å²) in [6, 6.07) is 15.0. The van der Waals surface area contributed by atoms with Gasteiger partial charge in [0.05, 0.1) is 15.1 Å². The Morgan fingerprint density at radius 2 is 1.84 bits per heavy atom. The van der Waals surface area contributed by atoms with E-state index < -0.39 is 5.91 Å². The molecule has 0 aliphatic carbocycles. The number of anilines is 2. The zero-order chi connectivity index (χ0) is 26.7. The van der Waals surface area contributed by atoms with Crippen LogP contribution < -0.4 is 15.1 Å². The van der Waals surface area contributed by atoms with E-state index in [0.29, 0.717) is 22.1 Å². The van der Waals surface area contributed by atoms with Gasteiger partial charge >= 0.3 is 11.9 Å². The molecule has 1 N–H and O–H groups in total. The maximum Gasteiger partial charge on any atom is 0.349 e. The molecule has 0 aromatic heterocycles. The van der Waals surface area contributed by atoms with Gasteiger partial charge in [-0.15, -0.1) is 9.58 Å². The molecule has 0 atom stereocenters. The number of carbonyl (C=O) groups is 2. The van der Waals surface area contributed by atoms with Crippen LogP contribution in [0, 0.1) is 13.8 Å². The van der Waals surface area contributed by atoms with Crippen LogP contribution in [0.4, 0.5) is 17.1 Å². The quantitative estimate of drug-likeness (QED) is 0.228. The number of amidine groups is 1. The number of carbonyl (C=O) groups excluding carboxylic acids is 3. The number of hydrazone groups is 1. The number of amides is 2. The Bertz CT molecular complexity index is 1480. The molecule has 0 spiro atoms. The number of nitrogens with one attached hydrogen (secondary N) is 1. The number of benzene rings is 3. The number of rotatable bonds is 6. The van der Waals surface area contributed by atoms with Gasteiger partial charge in [0.1, 0.15) is 23.5 Å². The third-order valence-electron chi connectivity index (χ3n) is 5.38. The molecule has 1 aliphatic heterocycles. The molecular formula is C26H20Cl3N4O4+. The minimum Gasteiger partial charge on any atom is -0.483 e. The van der Waals surface area contributed by atoms with Crippen LogP contribution in [-0.4, -0.2) is 34.9 Å². The zero-order valence-electron chi connectivity index (χ0n) is 19.7. The predicted molar refractivity (Wildman–Crippen MR) is 143 cm³/mol. The van der Waals surface area contributed by atoms with Gasteiger partial charge in [0.25, 0.3) is 11.8 Å². The maximum absolute atomic E-state index is 12.7. The summed E-state index contributed by atoms with van der Waals surface area (Å²) in [4.78, 5) is 37.1. The molecule has 0 saturated heterocycles. The largest absolute Gasteiger partial charge is 0.483 e. The van der Waals surface area contributed by atoms with Gasteiger partial charge < -0.3 is 10.1 Å². The summed E-state index contributed by atoms with van der Waals surface area (Å²) in [7, 11) is 0. The molecule has 0 saturated carbocycles. The van der Waals surface area contributed by atoms with Crippen LogP contribution in [0.15, 0.2) is 59.7 Å². The lowest BCUT2D eigenvalue weighted by Crippen LogP contribution is -2.21. The Kier molecular flexibility index (Phi) is 7.95. The van der Waals surface area contributed by atoms with Gasteiger partial charge in [-0.3, -0.25) is 9.59 Å². The molecule has 0 fully saturated rings. The van der Waals surface area contributed by atoms with Crippen molar-refractivity contribution in [3.05, 3.63) is 80.8 Å². The van der Waals surface area contributed by atoms with E-state index in [1.165, 1.54) is 12.1 Å². The molecule has 4 rings (SSSR count). The first-order chi connectivity index (χ1) is 17.7. The Hall–Kier alpha value is -3.68. The van der Waals surface area contributed by atoms with Crippen molar-refractivity contribution in [3.63, 3.8) is 0 Å². The lowest BCUT2D eigenvalue weighted by molar-refractivity contribution is -0.305. The van der Waals surface area contributed by atoms with E-state index in [2.05, 4.69) is 10.4 Å². The van der Waals surface area contributed by atoms with Crippen LogP contribution in [0.1, 0.15) is 17.5 Å². The number of aryl methyl sites for hydroxylation is 2. The van der Waals surface area contributed by atoms with Crippen LogP contribution in [0.5, 0.6) is 5.75 Å². The second kappa shape index (κ2) is 11.2. The van der Waals surface area contributed by atoms with Crippen molar-refractivity contribution >= 4 is 75.6 Å². The zero-order valence-corrected chi connectivity index (χ0v) is 22.0. The van der Waals surface area contributed by atoms with Gasteiger partial charge in [0, 0.05) is 16.8 Å². The van der Waals surface area contributed by atoms with Crippen molar-refractivity contribution in [3.8, 4) is 5.75 Å². The van der Waals surface area contributed by atoms with Crippen molar-refractivity contribution in [2.75, 3.05) is 16.9 Å². The second-order valence-corrected chi connectivity index (χ2v) is 9.45. The monoisotopic (exact) mass is 557 g/mol. The fraction of sp³-hybridized carbons (Fsp3) is 0.154. The van der Waals surface area contributed by atoms with Crippen molar-refractivity contribution < 1.29 is 23.7 Å². The van der Waals surface area contributed by atoms with Gasteiger partial charge in [0.2, 0.25) is 0 Å². The van der Waals surface area contributed by atoms with Crippen LogP contribution in [0.25, 0.3) is 0 Å². The molecule has 8 nitrogen and oxygen atoms in total. The normalized spacial score (nSPS) is 12.7. The van der Waals surface area contributed by atoms with Crippen LogP contribution in [0.3, 0.4) is 0 Å². The van der Waals surface area contributed by atoms with Gasteiger partial charge in [-0.1, -0.05) is 58.6 Å². The highest BCUT2D eigenvalue weighted by Gasteiger charge is 2.39. The minimum absolute atomic E-state index is 0.101. The van der Waals surface area contributed by atoms with Gasteiger partial charge in [-0.2, -0.15) is 4.79 Å². The molecule has 2 amide bonds. The van der Waals surface area contributed by atoms with Crippen molar-refractivity contribution in [2.24, 2.45) is 5.10 Å². The molecule has 0 unspecified atom stereocenters. The van der Waals surface area contributed by atoms with Crippen LogP contribution in [0.2, 0.25) is 15.1 Å². The molecule has 1 aliphatic rings. The molecule has 3 aromatic rings. The molecule has 1 heterocycles. The van der Waals surface area contributed by atoms with Crippen molar-refractivity contribution in [1.82, 2.24) is 0 Å². The maximum atomic E-state index is 12.7. The van der Waals surface area contributed by atoms with Crippen molar-refractivity contribution in [1.29, 1.82) is 0 Å². The van der Waals surface area contributed by atoms with Gasteiger partial charge in [-0.25, -0.2) is 0 Å². The van der Waals surface area contributed by atoms with E-state index in [4.69, 9.17) is 39.5 Å². The summed E-state index contributed by atoms with van der Waals surface area (Å²) in [5.41, 5.74) is 2.93. The van der Waals surface area contributed by atoms with Crippen molar-refractivity contribution in [2.45, 2.75) is 20.3 Å². The standard InChI is InChI=1S/C26H19Cl3N4O4/c1-15-6-7-22(16(2)8-15)37-13-24(35)30-18-4-3-5-19(11-18)32(14-34)23-12-25(36)33(31-23)26-20(28)9-17(27)10-21(26)29/h3-11H,12-13H2,1-2H3/p+1. The van der Waals surface area contributed by atoms with E-state index in [1.54, 1.807) is 30.3 Å². The van der Waals surface area contributed by atoms with E-state index in [9.17, 15) is 14.4 Å². The highest BCUT2D eigenvalue weighted by atomic mass is 35.5. The SMILES string of the molecule is Cc1ccc(OCC(=O)Nc2cccc([N+](=C=O)C3=NN(c4c(Cl)cc(Cl)cc4Cl)C(=O)C3)c2)c(C)c1. The smallest absolute Gasteiger partial charge is 0.349 e. The van der Waals surface area contributed by atoms with E-state index in [0.717, 1.165) is 20.7 Å². The summed E-state index contributed by atoms with van der Waals surface area (Å²) in [5, 5.41) is 8.57. The topological polar surface area (TPSA) is 91.1 Å². The number of isocyanates is 1. The molecule has 11 heteroatoms. The average Bonchev–Trinajstić information content (AvgIpc) is 3.19. The third-order valence-corrected chi connectivity index (χ3v) is 6.18. The highest BCUT2D eigenvalue weighted by Crippen LogP contribution is 2.38. The summed E-state index contributed by atoms with van der Waals surface area (Å²) in [5.74, 6) is -0.117. The average molecular weight is 559 g/mol. The number of nitrogens with zero attached hydrogens (tertiary/aromatic N) is 3. The highest BCUT2D eigenvalue weighted by molar-refractivity contribution is 6.42. The summed E-state index contributed by atoms with van der Waals surface area (Å²) < 4.78 is 6.70. The minimum atomic E-state index is -0.450. The molecule has 3 aromatic carbocycles. The fourth-order valence-corrected chi connectivity index (χ4v) is 4.71. The summed E-state index contributed by atoms with van der Waals surface area (Å²) >= 11 is 18.4. The first-order valence-electron chi connectivity index (χ1n) is 11.0. The van der Waals surface area contributed by atoms with Gasteiger partial charge in [-0.05, 0) is 49.7 Å². The molecular weight excluding hydrogens is 539 g/mol. The summed E-state index contributed by atoms with van der Waals surface area (Å²) in [6.07, 6.45) is 1.57. The van der Waals surface area contributed by atoms with E-state index >= 15 is 0 Å². The molecule has 37 heavy (non-hydrogen) atoms. The first kappa shape index (κ1) is 26.4. The Labute approximate surface area is 227 Å². The molecule has 188 valence electrons. The second-order valence-electron chi connectivity index (χ2n) is 8.20. The fourth-order valence-electron chi connectivity index (χ4n) is 3.73. The number of ether oxygens (including phenoxy) is 1. The van der Waals surface area contributed by atoms with Crippen LogP contribution in [-0.2, 0) is 14.4 Å². The van der Waals surface area contributed by atoms with Crippen LogP contribution >= 0.6 is 34.8 Å². The predicted octanol–water partition coefficient (Wildman–Crippen LogP) is 6.01. The first-order valence-corrected chi connectivity index (χ1v) is 12.1. The third kappa shape index (κ3) is 6.01. The number of halogens is 3. The Morgan fingerprint density at radius 3 is 2.51 bits per heavy atom. The Morgan fingerprint density at radius 1 is 1.11 bits per heavy atom. The van der Waals surface area contributed by atoms with Gasteiger partial charge in [0.15, 0.2) is 6.61 Å². The Balaban J connectivity index is 1.51. The lowest BCUT2D eigenvalue weighted by atomic mass is 10.1. The molecule has 0 radical (unpaired) electrons. The van der Waals surface area contributed by atoms with E-state index in [-0.39, 0.29) is 40.5 Å². The number of hydrogen-bond donors (Lipinski definition) is 1. The summed E-state index contributed by atoms with van der Waals surface area (Å²) in [6.45, 7) is 3.68. The van der Waals surface area contributed by atoms with E-state index in [1.807, 2.05) is 32.0 Å². The lowest BCUT2D eigenvalue weighted by Gasteiger charge is -2.10.